The summed E-state index contributed by atoms with van der Waals surface area (Å²) in [4.78, 5) is 43.5. The molecule has 3 amide bonds. The molecule has 12 heteroatoms. The molecule has 0 radical (unpaired) electrons. The molecular formula is C31H41ClN4O6S. The van der Waals surface area contributed by atoms with E-state index < -0.39 is 33.8 Å². The molecule has 2 N–H and O–H groups in total. The number of piperidine rings is 1. The van der Waals surface area contributed by atoms with Gasteiger partial charge in [-0.1, -0.05) is 41.9 Å². The van der Waals surface area contributed by atoms with Crippen molar-refractivity contribution in [1.82, 2.24) is 15.1 Å². The Morgan fingerprint density at radius 1 is 1.00 bits per heavy atom. The van der Waals surface area contributed by atoms with E-state index >= 15 is 0 Å². The van der Waals surface area contributed by atoms with E-state index in [9.17, 15) is 22.8 Å². The Bertz CT molecular complexity index is 1420. The van der Waals surface area contributed by atoms with Crippen molar-refractivity contribution in [3.8, 4) is 0 Å². The van der Waals surface area contributed by atoms with Gasteiger partial charge < -0.3 is 15.0 Å². The predicted octanol–water partition coefficient (Wildman–Crippen LogP) is 4.54. The van der Waals surface area contributed by atoms with Crippen LogP contribution in [0.25, 0.3) is 0 Å². The second-order valence-corrected chi connectivity index (χ2v) is 14.5. The summed E-state index contributed by atoms with van der Waals surface area (Å²) in [6.07, 6.45) is 3.28. The third-order valence-corrected chi connectivity index (χ3v) is 8.50. The molecule has 2 aliphatic rings. The molecule has 43 heavy (non-hydrogen) atoms. The number of hydrogen-bond acceptors (Lipinski definition) is 6. The average Bonchev–Trinajstić information content (AvgIpc) is 3.43. The first-order valence-corrected chi connectivity index (χ1v) is 16.9. The number of carbonyl (C=O) groups excluding carboxylic acids is 3. The number of sulfonamides is 1. The third-order valence-electron chi connectivity index (χ3n) is 7.65. The number of nitrogens with zero attached hydrogens (tertiary/aromatic N) is 2. The Hall–Kier alpha value is -3.31. The van der Waals surface area contributed by atoms with Crippen molar-refractivity contribution in [2.24, 2.45) is 0 Å². The van der Waals surface area contributed by atoms with Crippen LogP contribution in [0.2, 0.25) is 5.02 Å². The molecule has 2 aliphatic heterocycles. The van der Waals surface area contributed by atoms with E-state index in [2.05, 4.69) is 10.0 Å². The predicted molar refractivity (Wildman–Crippen MR) is 167 cm³/mol. The van der Waals surface area contributed by atoms with E-state index in [1.807, 2.05) is 24.3 Å². The molecule has 4 rings (SSSR count). The Labute approximate surface area is 259 Å². The lowest BCUT2D eigenvalue weighted by molar-refractivity contribution is -0.138. The highest BCUT2D eigenvalue weighted by atomic mass is 35.5. The number of amides is 3. The lowest BCUT2D eigenvalue weighted by atomic mass is 9.88. The molecule has 0 aromatic heterocycles. The van der Waals surface area contributed by atoms with Crippen molar-refractivity contribution in [3.05, 3.63) is 64.7 Å². The molecule has 2 aromatic rings. The Balaban J connectivity index is 1.48. The first-order valence-electron chi connectivity index (χ1n) is 14.6. The SMILES string of the molecule is CC(C)(C)OC(=O)N1CCC[C@H]1C(=O)N[C@H](Cc1ccc(Cl)cc1)C(=O)N1CCC(c2ccccc2NS(C)(=O)=O)CC1. The van der Waals surface area contributed by atoms with Crippen molar-refractivity contribution < 1.29 is 27.5 Å². The van der Waals surface area contributed by atoms with Crippen LogP contribution in [-0.4, -0.2) is 79.7 Å². The highest BCUT2D eigenvalue weighted by Gasteiger charge is 2.39. The zero-order valence-electron chi connectivity index (χ0n) is 25.1. The van der Waals surface area contributed by atoms with Crippen LogP contribution in [0, 0.1) is 0 Å². The molecule has 10 nitrogen and oxygen atoms in total. The van der Waals surface area contributed by atoms with Crippen LogP contribution in [0.4, 0.5) is 10.5 Å². The van der Waals surface area contributed by atoms with Crippen molar-refractivity contribution in [2.75, 3.05) is 30.6 Å². The highest BCUT2D eigenvalue weighted by Crippen LogP contribution is 2.33. The van der Waals surface area contributed by atoms with Gasteiger partial charge in [-0.15, -0.1) is 0 Å². The van der Waals surface area contributed by atoms with Crippen LogP contribution >= 0.6 is 11.6 Å². The molecule has 0 bridgehead atoms. The van der Waals surface area contributed by atoms with Gasteiger partial charge in [0.15, 0.2) is 0 Å². The number of anilines is 1. The molecule has 0 spiro atoms. The summed E-state index contributed by atoms with van der Waals surface area (Å²) >= 11 is 6.07. The van der Waals surface area contributed by atoms with Crippen molar-refractivity contribution in [1.29, 1.82) is 0 Å². The Kier molecular flexibility index (Phi) is 10.3. The van der Waals surface area contributed by atoms with Crippen LogP contribution < -0.4 is 10.0 Å². The number of carbonyl (C=O) groups is 3. The van der Waals surface area contributed by atoms with Gasteiger partial charge in [-0.05, 0) is 81.7 Å². The number of ether oxygens (including phenoxy) is 1. The smallest absolute Gasteiger partial charge is 0.410 e. The molecule has 0 unspecified atom stereocenters. The van der Waals surface area contributed by atoms with Gasteiger partial charge in [0.05, 0.1) is 11.9 Å². The van der Waals surface area contributed by atoms with E-state index in [1.54, 1.807) is 49.9 Å². The number of hydrogen-bond donors (Lipinski definition) is 2. The van der Waals surface area contributed by atoms with Crippen LogP contribution in [-0.2, 0) is 30.8 Å². The summed E-state index contributed by atoms with van der Waals surface area (Å²) in [6.45, 7) is 6.66. The maximum Gasteiger partial charge on any atom is 0.410 e. The lowest BCUT2D eigenvalue weighted by Gasteiger charge is -2.35. The minimum atomic E-state index is -3.44. The van der Waals surface area contributed by atoms with E-state index in [0.717, 1.165) is 17.4 Å². The van der Waals surface area contributed by atoms with Crippen molar-refractivity contribution >= 4 is 45.2 Å². The van der Waals surface area contributed by atoms with Gasteiger partial charge in [0.1, 0.15) is 17.7 Å². The molecule has 2 saturated heterocycles. The summed E-state index contributed by atoms with van der Waals surface area (Å²) in [5.41, 5.74) is 1.60. The monoisotopic (exact) mass is 632 g/mol. The Morgan fingerprint density at radius 2 is 1.65 bits per heavy atom. The quantitative estimate of drug-likeness (QED) is 0.440. The van der Waals surface area contributed by atoms with Gasteiger partial charge in [-0.3, -0.25) is 19.2 Å². The number of rotatable bonds is 8. The number of para-hydroxylation sites is 1. The topological polar surface area (TPSA) is 125 Å². The van der Waals surface area contributed by atoms with E-state index in [4.69, 9.17) is 16.3 Å². The number of benzene rings is 2. The van der Waals surface area contributed by atoms with E-state index in [1.165, 1.54) is 4.90 Å². The van der Waals surface area contributed by atoms with Crippen LogP contribution in [0.5, 0.6) is 0 Å². The minimum Gasteiger partial charge on any atom is -0.444 e. The summed E-state index contributed by atoms with van der Waals surface area (Å²) < 4.78 is 31.9. The first kappa shape index (κ1) is 32.6. The van der Waals surface area contributed by atoms with Gasteiger partial charge in [0.2, 0.25) is 21.8 Å². The van der Waals surface area contributed by atoms with Crippen LogP contribution in [0.1, 0.15) is 63.5 Å². The lowest BCUT2D eigenvalue weighted by Crippen LogP contribution is -2.55. The minimum absolute atomic E-state index is 0.0692. The van der Waals surface area contributed by atoms with E-state index in [-0.39, 0.29) is 24.2 Å². The molecule has 0 saturated carbocycles. The van der Waals surface area contributed by atoms with Crippen molar-refractivity contribution in [3.63, 3.8) is 0 Å². The van der Waals surface area contributed by atoms with Crippen molar-refractivity contribution in [2.45, 2.75) is 76.5 Å². The zero-order chi connectivity index (χ0) is 31.4. The van der Waals surface area contributed by atoms with Gasteiger partial charge in [0.25, 0.3) is 0 Å². The highest BCUT2D eigenvalue weighted by molar-refractivity contribution is 7.92. The number of likely N-dealkylation sites (tertiary alicyclic amines) is 2. The zero-order valence-corrected chi connectivity index (χ0v) is 26.7. The summed E-state index contributed by atoms with van der Waals surface area (Å²) in [6, 6.07) is 12.9. The van der Waals surface area contributed by atoms with Crippen LogP contribution in [0.3, 0.4) is 0 Å². The Morgan fingerprint density at radius 3 is 2.28 bits per heavy atom. The molecular weight excluding hydrogens is 592 g/mol. The standard InChI is InChI=1S/C31H41ClN4O6S/c1-31(2,3)42-30(39)36-17-7-10-27(36)28(37)33-26(20-21-11-13-23(32)14-12-21)29(38)35-18-15-22(16-19-35)24-8-5-6-9-25(24)34-43(4,40)41/h5-6,8-9,11-14,22,26-27,34H,7,10,15-20H2,1-4H3,(H,33,37)/t26-,27+/m1/s1. The second-order valence-electron chi connectivity index (χ2n) is 12.3. The van der Waals surface area contributed by atoms with Crippen LogP contribution in [0.15, 0.2) is 48.5 Å². The maximum atomic E-state index is 13.9. The van der Waals surface area contributed by atoms with Gasteiger partial charge in [0, 0.05) is 31.1 Å². The fourth-order valence-corrected chi connectivity index (χ4v) is 6.39. The normalized spacial score (nSPS) is 18.7. The molecule has 0 aliphatic carbocycles. The maximum absolute atomic E-state index is 13.9. The average molecular weight is 633 g/mol. The number of nitrogens with one attached hydrogen (secondary N) is 2. The molecule has 2 fully saturated rings. The summed E-state index contributed by atoms with van der Waals surface area (Å²) in [5, 5.41) is 3.53. The first-order chi connectivity index (χ1) is 20.2. The number of halogens is 1. The summed E-state index contributed by atoms with van der Waals surface area (Å²) in [7, 11) is -3.44. The third kappa shape index (κ3) is 9.09. The molecule has 2 atom stereocenters. The van der Waals surface area contributed by atoms with Gasteiger partial charge in [-0.2, -0.15) is 0 Å². The molecule has 2 heterocycles. The summed E-state index contributed by atoms with van der Waals surface area (Å²) in [5.74, 6) is -0.517. The molecule has 234 valence electrons. The fourth-order valence-electron chi connectivity index (χ4n) is 5.68. The molecule has 2 aromatic carbocycles. The fraction of sp³-hybridized carbons (Fsp3) is 0.516. The van der Waals surface area contributed by atoms with Gasteiger partial charge in [-0.25, -0.2) is 13.2 Å². The van der Waals surface area contributed by atoms with Gasteiger partial charge >= 0.3 is 6.09 Å². The second kappa shape index (κ2) is 13.5. The largest absolute Gasteiger partial charge is 0.444 e. The van der Waals surface area contributed by atoms with E-state index in [0.29, 0.717) is 56.0 Å².